The number of halogens is 2. The van der Waals surface area contributed by atoms with Gasteiger partial charge in [0.2, 0.25) is 0 Å². The Kier molecular flexibility index (Phi) is 4.88. The smallest absolute Gasteiger partial charge is 0.287 e. The molecule has 0 radical (unpaired) electrons. The average molecular weight is 394 g/mol. The zero-order valence-corrected chi connectivity index (χ0v) is 15.9. The Balaban J connectivity index is 1.70. The van der Waals surface area contributed by atoms with Crippen LogP contribution in [0, 0.1) is 12.7 Å². The van der Waals surface area contributed by atoms with E-state index in [1.165, 1.54) is 12.1 Å². The number of fused-ring (bicyclic) bond motifs is 1. The molecule has 0 aliphatic carbocycles. The number of carbonyl (C=O) groups is 1. The van der Waals surface area contributed by atoms with Gasteiger partial charge in [0.05, 0.1) is 0 Å². The van der Waals surface area contributed by atoms with Gasteiger partial charge in [-0.05, 0) is 55.0 Å². The second-order valence-corrected chi connectivity index (χ2v) is 7.07. The molecule has 28 heavy (non-hydrogen) atoms. The molecule has 0 atom stereocenters. The molecule has 1 amide bonds. The Morgan fingerprint density at radius 2 is 1.82 bits per heavy atom. The molecule has 4 rings (SSSR count). The summed E-state index contributed by atoms with van der Waals surface area (Å²) in [5, 5.41) is 5.02. The van der Waals surface area contributed by atoms with Gasteiger partial charge in [-0.15, -0.1) is 0 Å². The van der Waals surface area contributed by atoms with Crippen LogP contribution in [0.4, 0.5) is 4.39 Å². The van der Waals surface area contributed by atoms with Gasteiger partial charge in [0, 0.05) is 27.9 Å². The molecule has 4 aromatic rings. The van der Waals surface area contributed by atoms with Crippen LogP contribution in [0.3, 0.4) is 0 Å². The predicted molar refractivity (Wildman–Crippen MR) is 109 cm³/mol. The summed E-state index contributed by atoms with van der Waals surface area (Å²) in [6.45, 7) is 2.20. The number of amides is 1. The monoisotopic (exact) mass is 393 g/mol. The predicted octanol–water partition coefficient (Wildman–Crippen LogP) is 6.13. The average Bonchev–Trinajstić information content (AvgIpc) is 3.05. The van der Waals surface area contributed by atoms with E-state index in [-0.39, 0.29) is 24.0 Å². The van der Waals surface area contributed by atoms with Crippen molar-refractivity contribution in [1.82, 2.24) is 5.32 Å². The maximum Gasteiger partial charge on any atom is 0.287 e. The summed E-state index contributed by atoms with van der Waals surface area (Å²) in [4.78, 5) is 12.8. The largest absolute Gasteiger partial charge is 0.450 e. The van der Waals surface area contributed by atoms with Crippen LogP contribution in [0.5, 0.6) is 0 Å². The topological polar surface area (TPSA) is 42.2 Å². The maximum atomic E-state index is 13.3. The summed E-state index contributed by atoms with van der Waals surface area (Å²) < 4.78 is 19.3. The van der Waals surface area contributed by atoms with E-state index in [1.54, 1.807) is 24.3 Å². The lowest BCUT2D eigenvalue weighted by Crippen LogP contribution is -2.22. The van der Waals surface area contributed by atoms with Crippen molar-refractivity contribution < 1.29 is 13.6 Å². The molecule has 0 aliphatic heterocycles. The van der Waals surface area contributed by atoms with Gasteiger partial charge in [0.1, 0.15) is 11.6 Å². The van der Waals surface area contributed by atoms with Crippen molar-refractivity contribution in [3.8, 4) is 11.3 Å². The summed E-state index contributed by atoms with van der Waals surface area (Å²) in [5.41, 5.74) is 2.58. The Bertz CT molecular complexity index is 1170. The summed E-state index contributed by atoms with van der Waals surface area (Å²) in [5.74, 6) is 0.164. The number of furan rings is 1. The van der Waals surface area contributed by atoms with Crippen LogP contribution in [-0.4, -0.2) is 5.91 Å². The summed E-state index contributed by atoms with van der Waals surface area (Å²) in [6.07, 6.45) is 0. The van der Waals surface area contributed by atoms with E-state index in [0.29, 0.717) is 16.3 Å². The molecule has 1 aromatic heterocycles. The van der Waals surface area contributed by atoms with E-state index in [9.17, 15) is 9.18 Å². The van der Waals surface area contributed by atoms with Crippen molar-refractivity contribution in [2.24, 2.45) is 0 Å². The normalized spacial score (nSPS) is 11.0. The van der Waals surface area contributed by atoms with Crippen molar-refractivity contribution in [2.45, 2.75) is 13.5 Å². The van der Waals surface area contributed by atoms with Crippen molar-refractivity contribution in [3.05, 3.63) is 94.5 Å². The summed E-state index contributed by atoms with van der Waals surface area (Å²) >= 11 is 5.99. The first kappa shape index (κ1) is 18.3. The van der Waals surface area contributed by atoms with Crippen LogP contribution in [-0.2, 0) is 6.54 Å². The summed E-state index contributed by atoms with van der Waals surface area (Å²) in [6, 6.07) is 19.2. The molecule has 0 saturated heterocycles. The molecule has 1 heterocycles. The van der Waals surface area contributed by atoms with Crippen LogP contribution in [0.15, 0.2) is 71.1 Å². The molecule has 0 spiro atoms. The van der Waals surface area contributed by atoms with Gasteiger partial charge in [-0.25, -0.2) is 4.39 Å². The first-order chi connectivity index (χ1) is 13.5. The molecule has 0 saturated carbocycles. The maximum absolute atomic E-state index is 13.3. The molecule has 0 fully saturated rings. The number of hydrogen-bond donors (Lipinski definition) is 1. The highest BCUT2D eigenvalue weighted by Crippen LogP contribution is 2.35. The van der Waals surface area contributed by atoms with E-state index in [0.717, 1.165) is 21.9 Å². The third-order valence-corrected chi connectivity index (χ3v) is 4.78. The molecule has 1 N–H and O–H groups in total. The van der Waals surface area contributed by atoms with Crippen LogP contribution in [0.2, 0.25) is 5.02 Å². The lowest BCUT2D eigenvalue weighted by molar-refractivity contribution is 0.0926. The molecule has 0 bridgehead atoms. The summed E-state index contributed by atoms with van der Waals surface area (Å²) in [7, 11) is 0. The minimum atomic E-state index is -0.349. The highest BCUT2D eigenvalue weighted by atomic mass is 35.5. The van der Waals surface area contributed by atoms with Crippen LogP contribution in [0.1, 0.15) is 21.7 Å². The zero-order valence-electron chi connectivity index (χ0n) is 15.1. The second kappa shape index (κ2) is 7.49. The first-order valence-corrected chi connectivity index (χ1v) is 9.21. The van der Waals surface area contributed by atoms with Gasteiger partial charge in [0.25, 0.3) is 5.91 Å². The molecule has 5 heteroatoms. The van der Waals surface area contributed by atoms with Crippen molar-refractivity contribution in [2.75, 3.05) is 0 Å². The van der Waals surface area contributed by atoms with Gasteiger partial charge in [-0.2, -0.15) is 0 Å². The minimum Gasteiger partial charge on any atom is -0.450 e. The van der Waals surface area contributed by atoms with Gasteiger partial charge < -0.3 is 9.73 Å². The molecule has 0 unspecified atom stereocenters. The molecule has 0 aliphatic rings. The van der Waals surface area contributed by atoms with E-state index in [1.807, 2.05) is 37.3 Å². The third kappa shape index (κ3) is 3.64. The quantitative estimate of drug-likeness (QED) is 0.453. The molecule has 140 valence electrons. The Labute approximate surface area is 166 Å². The first-order valence-electron chi connectivity index (χ1n) is 8.83. The molecule has 3 aromatic carbocycles. The number of rotatable bonds is 4. The third-order valence-electron chi connectivity index (χ3n) is 4.52. The van der Waals surface area contributed by atoms with Crippen LogP contribution < -0.4 is 5.32 Å². The highest BCUT2D eigenvalue weighted by molar-refractivity contribution is 6.30. The van der Waals surface area contributed by atoms with Gasteiger partial charge in [0.15, 0.2) is 5.76 Å². The standard InChI is InChI=1S/C23H17ClFNO2/c1-14-5-10-19-20(11-14)21(16-6-8-17(24)9-7-16)28-22(19)23(27)26-13-15-3-2-4-18(25)12-15/h2-12H,13H2,1H3,(H,26,27). The number of hydrogen-bond acceptors (Lipinski definition) is 2. The zero-order chi connectivity index (χ0) is 19.7. The van der Waals surface area contributed by atoms with Crippen LogP contribution in [0.25, 0.3) is 22.1 Å². The number of nitrogens with one attached hydrogen (secondary N) is 1. The van der Waals surface area contributed by atoms with E-state index >= 15 is 0 Å². The van der Waals surface area contributed by atoms with Gasteiger partial charge in [-0.1, -0.05) is 41.4 Å². The lowest BCUT2D eigenvalue weighted by atomic mass is 10.0. The van der Waals surface area contributed by atoms with Crippen LogP contribution >= 0.6 is 11.6 Å². The molecular weight excluding hydrogens is 377 g/mol. The van der Waals surface area contributed by atoms with Crippen molar-refractivity contribution in [1.29, 1.82) is 0 Å². The second-order valence-electron chi connectivity index (χ2n) is 6.63. The Morgan fingerprint density at radius 3 is 2.57 bits per heavy atom. The fourth-order valence-electron chi connectivity index (χ4n) is 3.15. The minimum absolute atomic E-state index is 0.209. The fraction of sp³-hybridized carbons (Fsp3) is 0.0870. The van der Waals surface area contributed by atoms with Gasteiger partial charge in [-0.3, -0.25) is 4.79 Å². The SMILES string of the molecule is Cc1ccc2c(C(=O)NCc3cccc(F)c3)oc(-c3ccc(Cl)cc3)c2c1. The van der Waals surface area contributed by atoms with E-state index in [4.69, 9.17) is 16.0 Å². The number of aryl methyl sites for hydroxylation is 1. The highest BCUT2D eigenvalue weighted by Gasteiger charge is 2.20. The van der Waals surface area contributed by atoms with E-state index in [2.05, 4.69) is 5.32 Å². The lowest BCUT2D eigenvalue weighted by Gasteiger charge is -2.04. The van der Waals surface area contributed by atoms with Gasteiger partial charge >= 0.3 is 0 Å². The van der Waals surface area contributed by atoms with Crippen molar-refractivity contribution in [3.63, 3.8) is 0 Å². The molecular formula is C23H17ClFNO2. The molecule has 3 nitrogen and oxygen atoms in total. The number of carbonyl (C=O) groups excluding carboxylic acids is 1. The number of benzene rings is 3. The fourth-order valence-corrected chi connectivity index (χ4v) is 3.28. The van der Waals surface area contributed by atoms with Crippen molar-refractivity contribution >= 4 is 28.3 Å². The Morgan fingerprint density at radius 1 is 1.04 bits per heavy atom. The van der Waals surface area contributed by atoms with E-state index < -0.39 is 0 Å². The Hall–Kier alpha value is -3.11.